The topological polar surface area (TPSA) is 29.3 Å². The molecule has 1 amide bonds. The van der Waals surface area contributed by atoms with Crippen molar-refractivity contribution in [3.8, 4) is 0 Å². The Morgan fingerprint density at radius 3 is 1.92 bits per heavy atom. The van der Waals surface area contributed by atoms with Crippen LogP contribution in [-0.4, -0.2) is 20.4 Å². The van der Waals surface area contributed by atoms with Gasteiger partial charge in [-0.15, -0.1) is 0 Å². The number of carbonyl (C=O) groups excluding carboxylic acids is 1. The van der Waals surface area contributed by atoms with Crippen LogP contribution in [0.25, 0.3) is 0 Å². The van der Waals surface area contributed by atoms with Gasteiger partial charge in [-0.05, 0) is 37.1 Å². The molecule has 2 aromatic rings. The van der Waals surface area contributed by atoms with Crippen molar-refractivity contribution in [2.75, 3.05) is 0 Å². The molecule has 0 spiro atoms. The number of rotatable bonds is 3. The smallest absolute Gasteiger partial charge is 0.411 e. The van der Waals surface area contributed by atoms with Gasteiger partial charge in [-0.25, -0.2) is 4.79 Å². The summed E-state index contributed by atoms with van der Waals surface area (Å²) in [6, 6.07) is 16.8. The second-order valence-electron chi connectivity index (χ2n) is 6.64. The maximum Gasteiger partial charge on any atom is 0.411 e. The van der Waals surface area contributed by atoms with Gasteiger partial charge < -0.3 is 4.74 Å². The molecule has 0 unspecified atom stereocenters. The van der Waals surface area contributed by atoms with Gasteiger partial charge in [0, 0.05) is 5.02 Å². The summed E-state index contributed by atoms with van der Waals surface area (Å²) in [6.45, 7) is 3.13. The largest absolute Gasteiger partial charge is 0.439 e. The SMILES string of the molecule is CC(C)(OC(=O)N1[C@H](c2ccccc2)[C@H]1c1ccc(Cl)cc1)C(Cl)(Cl)Cl. The van der Waals surface area contributed by atoms with Crippen LogP contribution in [0.5, 0.6) is 0 Å². The first-order valence-corrected chi connectivity index (χ1v) is 9.51. The van der Waals surface area contributed by atoms with Crippen LogP contribution in [0, 0.1) is 0 Å². The average molecular weight is 433 g/mol. The van der Waals surface area contributed by atoms with Gasteiger partial charge in [-0.1, -0.05) is 88.9 Å². The van der Waals surface area contributed by atoms with Crippen molar-refractivity contribution in [1.82, 2.24) is 4.90 Å². The van der Waals surface area contributed by atoms with Gasteiger partial charge in [0.05, 0.1) is 12.1 Å². The lowest BCUT2D eigenvalue weighted by molar-refractivity contribution is 0.0290. The molecule has 0 aromatic heterocycles. The van der Waals surface area contributed by atoms with Crippen LogP contribution in [0.3, 0.4) is 0 Å². The van der Waals surface area contributed by atoms with E-state index in [1.54, 1.807) is 30.9 Å². The Morgan fingerprint density at radius 2 is 1.42 bits per heavy atom. The van der Waals surface area contributed by atoms with E-state index in [0.29, 0.717) is 5.02 Å². The zero-order valence-electron chi connectivity index (χ0n) is 14.1. The second-order valence-corrected chi connectivity index (χ2v) is 9.35. The van der Waals surface area contributed by atoms with Crippen molar-refractivity contribution in [1.29, 1.82) is 0 Å². The second kappa shape index (κ2) is 7.12. The van der Waals surface area contributed by atoms with Gasteiger partial charge in [0.1, 0.15) is 0 Å². The van der Waals surface area contributed by atoms with Crippen LogP contribution >= 0.6 is 46.4 Å². The van der Waals surface area contributed by atoms with E-state index in [4.69, 9.17) is 51.1 Å². The monoisotopic (exact) mass is 431 g/mol. The molecular weight excluding hydrogens is 416 g/mol. The molecule has 3 nitrogen and oxygen atoms in total. The molecular formula is C19H17Cl4NO2. The summed E-state index contributed by atoms with van der Waals surface area (Å²) in [5, 5.41) is 0.636. The molecule has 2 atom stereocenters. The van der Waals surface area contributed by atoms with Gasteiger partial charge in [0.15, 0.2) is 5.60 Å². The fourth-order valence-corrected chi connectivity index (χ4v) is 3.02. The average Bonchev–Trinajstić information content (AvgIpc) is 3.30. The third-order valence-corrected chi connectivity index (χ3v) is 6.01. The molecule has 1 fully saturated rings. The highest BCUT2D eigenvalue weighted by Crippen LogP contribution is 2.55. The fourth-order valence-electron chi connectivity index (χ4n) is 2.78. The Hall–Kier alpha value is -1.13. The zero-order valence-corrected chi connectivity index (χ0v) is 17.2. The lowest BCUT2D eigenvalue weighted by Gasteiger charge is -2.32. The summed E-state index contributed by atoms with van der Waals surface area (Å²) < 4.78 is 3.78. The third-order valence-electron chi connectivity index (χ3n) is 4.40. The summed E-state index contributed by atoms with van der Waals surface area (Å²) in [7, 11) is 0. The number of alkyl halides is 3. The minimum absolute atomic E-state index is 0.143. The van der Waals surface area contributed by atoms with E-state index < -0.39 is 15.5 Å². The number of hydrogen-bond acceptors (Lipinski definition) is 2. The van der Waals surface area contributed by atoms with Crippen LogP contribution in [0.4, 0.5) is 4.79 Å². The van der Waals surface area contributed by atoms with E-state index >= 15 is 0 Å². The van der Waals surface area contributed by atoms with E-state index in [2.05, 4.69) is 0 Å². The van der Waals surface area contributed by atoms with Crippen molar-refractivity contribution in [3.05, 3.63) is 70.7 Å². The lowest BCUT2D eigenvalue weighted by Crippen LogP contribution is -2.42. The minimum atomic E-state index is -1.74. The third kappa shape index (κ3) is 3.91. The van der Waals surface area contributed by atoms with Crippen molar-refractivity contribution < 1.29 is 9.53 Å². The van der Waals surface area contributed by atoms with Crippen molar-refractivity contribution in [2.24, 2.45) is 0 Å². The zero-order chi connectivity index (χ0) is 19.1. The molecule has 0 N–H and O–H groups in total. The van der Waals surface area contributed by atoms with Gasteiger partial charge >= 0.3 is 6.09 Å². The number of nitrogens with zero attached hydrogens (tertiary/aromatic N) is 1. The lowest BCUT2D eigenvalue weighted by atomic mass is 10.0. The van der Waals surface area contributed by atoms with Crippen LogP contribution in [0.2, 0.25) is 5.02 Å². The van der Waals surface area contributed by atoms with E-state index in [1.165, 1.54) is 0 Å². The molecule has 0 bridgehead atoms. The highest BCUT2D eigenvalue weighted by molar-refractivity contribution is 6.68. The molecule has 26 heavy (non-hydrogen) atoms. The molecule has 0 aliphatic carbocycles. The normalized spacial score (nSPS) is 20.0. The van der Waals surface area contributed by atoms with Crippen molar-refractivity contribution in [3.63, 3.8) is 0 Å². The van der Waals surface area contributed by atoms with E-state index in [9.17, 15) is 4.79 Å². The maximum absolute atomic E-state index is 12.8. The van der Waals surface area contributed by atoms with E-state index in [1.807, 2.05) is 42.5 Å². The van der Waals surface area contributed by atoms with Crippen LogP contribution in [0.15, 0.2) is 54.6 Å². The molecule has 1 aliphatic heterocycles. The number of benzene rings is 2. The Balaban J connectivity index is 1.88. The van der Waals surface area contributed by atoms with E-state index in [0.717, 1.165) is 11.1 Å². The standard InChI is InChI=1S/C19H17Cl4NO2/c1-18(2,19(21,22)23)26-17(25)24-15(12-6-4-3-5-7-12)16(24)13-8-10-14(20)11-9-13/h3-11,15-16H,1-2H3/t15-,16-,24?/m1/s1. The van der Waals surface area contributed by atoms with Gasteiger partial charge in [-0.2, -0.15) is 0 Å². The molecule has 7 heteroatoms. The molecule has 1 aliphatic rings. The number of hydrogen-bond donors (Lipinski definition) is 0. The van der Waals surface area contributed by atoms with Crippen LogP contribution in [0.1, 0.15) is 37.1 Å². The minimum Gasteiger partial charge on any atom is -0.439 e. The molecule has 0 radical (unpaired) electrons. The summed E-state index contributed by atoms with van der Waals surface area (Å²) in [5.74, 6) is 0. The Morgan fingerprint density at radius 1 is 0.923 bits per heavy atom. The number of carbonyl (C=O) groups is 1. The predicted molar refractivity (Wildman–Crippen MR) is 106 cm³/mol. The number of amides is 1. The first-order valence-electron chi connectivity index (χ1n) is 8.00. The van der Waals surface area contributed by atoms with Gasteiger partial charge in [0.25, 0.3) is 0 Å². The highest BCUT2D eigenvalue weighted by atomic mass is 35.6. The Bertz CT molecular complexity index is 787. The molecule has 1 saturated heterocycles. The van der Waals surface area contributed by atoms with Crippen molar-refractivity contribution >= 4 is 52.5 Å². The van der Waals surface area contributed by atoms with Crippen molar-refractivity contribution in [2.45, 2.75) is 35.3 Å². The summed E-state index contributed by atoms with van der Waals surface area (Å²) in [4.78, 5) is 14.4. The number of halogens is 4. The van der Waals surface area contributed by atoms with E-state index in [-0.39, 0.29) is 12.1 Å². The first-order chi connectivity index (χ1) is 12.1. The molecule has 3 rings (SSSR count). The molecule has 1 heterocycles. The summed E-state index contributed by atoms with van der Waals surface area (Å²) in [6.07, 6.45) is -0.532. The summed E-state index contributed by atoms with van der Waals surface area (Å²) in [5.41, 5.74) is 0.700. The van der Waals surface area contributed by atoms with Crippen LogP contribution in [-0.2, 0) is 4.74 Å². The van der Waals surface area contributed by atoms with Crippen LogP contribution < -0.4 is 0 Å². The molecule has 2 aromatic carbocycles. The summed E-state index contributed by atoms with van der Waals surface area (Å²) >= 11 is 23.8. The maximum atomic E-state index is 12.8. The van der Waals surface area contributed by atoms with Gasteiger partial charge in [-0.3, -0.25) is 4.90 Å². The molecule has 0 saturated carbocycles. The van der Waals surface area contributed by atoms with Gasteiger partial charge in [0.2, 0.25) is 3.79 Å². The Kier molecular flexibility index (Phi) is 5.38. The highest BCUT2D eigenvalue weighted by Gasteiger charge is 2.56. The number of ether oxygens (including phenoxy) is 1. The first kappa shape index (κ1) is 19.6. The molecule has 138 valence electrons. The predicted octanol–water partition coefficient (Wildman–Crippen LogP) is 6.72. The Labute approximate surface area is 172 Å². The fraction of sp³-hybridized carbons (Fsp3) is 0.316. The quantitative estimate of drug-likeness (QED) is 0.397.